The molecule has 0 bridgehead atoms. The number of hydrogen-bond donors (Lipinski definition) is 2. The van der Waals surface area contributed by atoms with Gasteiger partial charge in [0.1, 0.15) is 5.56 Å². The Morgan fingerprint density at radius 1 is 1.33 bits per heavy atom. The minimum atomic E-state index is -0.465. The molecule has 0 unspecified atom stereocenters. The smallest absolute Gasteiger partial charge is 0.341 e. The lowest BCUT2D eigenvalue weighted by atomic mass is 10.1. The van der Waals surface area contributed by atoms with E-state index in [0.29, 0.717) is 23.6 Å². The predicted molar refractivity (Wildman–Crippen MR) is 68.6 cm³/mol. The summed E-state index contributed by atoms with van der Waals surface area (Å²) < 4.78 is 10.2. The van der Waals surface area contributed by atoms with E-state index in [0.717, 1.165) is 19.3 Å². The van der Waals surface area contributed by atoms with Crippen LogP contribution in [0.4, 0.5) is 5.69 Å². The van der Waals surface area contributed by atoms with E-state index in [1.807, 2.05) is 0 Å². The summed E-state index contributed by atoms with van der Waals surface area (Å²) in [6.45, 7) is 0.638. The molecule has 0 aliphatic carbocycles. The van der Waals surface area contributed by atoms with Crippen molar-refractivity contribution in [1.82, 2.24) is 0 Å². The van der Waals surface area contributed by atoms with Crippen molar-refractivity contribution >= 4 is 11.7 Å². The van der Waals surface area contributed by atoms with E-state index in [2.05, 4.69) is 4.74 Å². The molecule has 5 nitrogen and oxygen atoms in total. The molecule has 0 saturated heterocycles. The largest absolute Gasteiger partial charge is 0.491 e. The standard InChI is InChI=1S/C13H19NO4/c1-17-13(16)10-6-5-7-11(14)12(10)18-9-4-2-3-8-15/h5-7,15H,2-4,8-9,14H2,1H3. The van der Waals surface area contributed by atoms with Crippen LogP contribution >= 0.6 is 0 Å². The molecule has 0 saturated carbocycles. The number of nitrogen functional groups attached to an aromatic ring is 1. The summed E-state index contributed by atoms with van der Waals surface area (Å²) in [5, 5.41) is 8.65. The SMILES string of the molecule is COC(=O)c1cccc(N)c1OCCCCCO. The van der Waals surface area contributed by atoms with Crippen molar-refractivity contribution in [2.45, 2.75) is 19.3 Å². The second-order valence-electron chi connectivity index (χ2n) is 3.85. The van der Waals surface area contributed by atoms with E-state index >= 15 is 0 Å². The number of nitrogens with two attached hydrogens (primary N) is 1. The maximum atomic E-state index is 11.5. The van der Waals surface area contributed by atoms with E-state index in [9.17, 15) is 4.79 Å². The van der Waals surface area contributed by atoms with Crippen molar-refractivity contribution in [3.05, 3.63) is 23.8 Å². The highest BCUT2D eigenvalue weighted by Gasteiger charge is 2.15. The summed E-state index contributed by atoms with van der Waals surface area (Å²) in [6.07, 6.45) is 2.42. The molecule has 18 heavy (non-hydrogen) atoms. The fourth-order valence-corrected chi connectivity index (χ4v) is 1.55. The summed E-state index contributed by atoms with van der Waals surface area (Å²) >= 11 is 0. The molecule has 0 fully saturated rings. The Balaban J connectivity index is 2.65. The summed E-state index contributed by atoms with van der Waals surface area (Å²) in [5.74, 6) is -0.0963. The molecule has 1 aromatic rings. The Kier molecular flexibility index (Phi) is 6.00. The van der Waals surface area contributed by atoms with E-state index in [1.165, 1.54) is 7.11 Å². The number of aliphatic hydroxyl groups excluding tert-OH is 1. The Labute approximate surface area is 107 Å². The lowest BCUT2D eigenvalue weighted by molar-refractivity contribution is 0.0596. The highest BCUT2D eigenvalue weighted by Crippen LogP contribution is 2.27. The molecule has 0 aromatic heterocycles. The van der Waals surface area contributed by atoms with Crippen LogP contribution in [0.15, 0.2) is 18.2 Å². The summed E-state index contributed by atoms with van der Waals surface area (Å²) in [5.41, 5.74) is 6.53. The lowest BCUT2D eigenvalue weighted by Crippen LogP contribution is -2.08. The predicted octanol–water partition coefficient (Wildman–Crippen LogP) is 1.60. The molecule has 0 heterocycles. The van der Waals surface area contributed by atoms with Crippen LogP contribution in [-0.4, -0.2) is 31.4 Å². The van der Waals surface area contributed by atoms with Gasteiger partial charge in [-0.25, -0.2) is 4.79 Å². The topological polar surface area (TPSA) is 81.8 Å². The van der Waals surface area contributed by atoms with Crippen LogP contribution in [0.25, 0.3) is 0 Å². The number of anilines is 1. The van der Waals surface area contributed by atoms with Crippen molar-refractivity contribution < 1.29 is 19.4 Å². The van der Waals surface area contributed by atoms with Crippen LogP contribution in [0.5, 0.6) is 5.75 Å². The minimum Gasteiger partial charge on any atom is -0.491 e. The van der Waals surface area contributed by atoms with Gasteiger partial charge in [0, 0.05) is 6.61 Å². The van der Waals surface area contributed by atoms with Gasteiger partial charge in [-0.05, 0) is 31.4 Å². The summed E-state index contributed by atoms with van der Waals surface area (Å²) in [7, 11) is 1.32. The second kappa shape index (κ2) is 7.55. The molecule has 0 spiro atoms. The average molecular weight is 253 g/mol. The minimum absolute atomic E-state index is 0.181. The zero-order chi connectivity index (χ0) is 13.4. The van der Waals surface area contributed by atoms with Gasteiger partial charge < -0.3 is 20.3 Å². The number of carbonyl (C=O) groups is 1. The summed E-state index contributed by atoms with van der Waals surface area (Å²) in [4.78, 5) is 11.5. The van der Waals surface area contributed by atoms with Crippen molar-refractivity contribution in [2.24, 2.45) is 0 Å². The number of esters is 1. The summed E-state index contributed by atoms with van der Waals surface area (Å²) in [6, 6.07) is 4.97. The molecular formula is C13H19NO4. The van der Waals surface area contributed by atoms with E-state index < -0.39 is 5.97 Å². The number of benzene rings is 1. The number of para-hydroxylation sites is 1. The van der Waals surface area contributed by atoms with Crippen LogP contribution < -0.4 is 10.5 Å². The third-order valence-electron chi connectivity index (χ3n) is 2.50. The van der Waals surface area contributed by atoms with Gasteiger partial charge in [-0.2, -0.15) is 0 Å². The number of carbonyl (C=O) groups excluding carboxylic acids is 1. The third-order valence-corrected chi connectivity index (χ3v) is 2.50. The van der Waals surface area contributed by atoms with Gasteiger partial charge >= 0.3 is 5.97 Å². The average Bonchev–Trinajstić information content (AvgIpc) is 2.39. The molecule has 0 radical (unpaired) electrons. The van der Waals surface area contributed by atoms with E-state index in [-0.39, 0.29) is 6.61 Å². The Hall–Kier alpha value is -1.75. The molecule has 0 aliphatic rings. The molecule has 1 rings (SSSR count). The number of rotatable bonds is 7. The van der Waals surface area contributed by atoms with Gasteiger partial charge in [-0.1, -0.05) is 6.07 Å². The van der Waals surface area contributed by atoms with Crippen LogP contribution in [0, 0.1) is 0 Å². The Morgan fingerprint density at radius 3 is 2.78 bits per heavy atom. The van der Waals surface area contributed by atoms with Crippen LogP contribution in [0.2, 0.25) is 0 Å². The highest BCUT2D eigenvalue weighted by atomic mass is 16.5. The van der Waals surface area contributed by atoms with E-state index in [1.54, 1.807) is 18.2 Å². The molecule has 3 N–H and O–H groups in total. The lowest BCUT2D eigenvalue weighted by Gasteiger charge is -2.12. The fraction of sp³-hybridized carbons (Fsp3) is 0.462. The van der Waals surface area contributed by atoms with Crippen LogP contribution in [-0.2, 0) is 4.74 Å². The van der Waals surface area contributed by atoms with Gasteiger partial charge in [0.05, 0.1) is 19.4 Å². The first-order chi connectivity index (χ1) is 8.70. The number of methoxy groups -OCH3 is 1. The molecule has 100 valence electrons. The first kappa shape index (κ1) is 14.3. The fourth-order valence-electron chi connectivity index (χ4n) is 1.55. The molecule has 1 aromatic carbocycles. The normalized spacial score (nSPS) is 10.1. The molecular weight excluding hydrogens is 234 g/mol. The molecule has 0 aliphatic heterocycles. The van der Waals surface area contributed by atoms with E-state index in [4.69, 9.17) is 15.6 Å². The quantitative estimate of drug-likeness (QED) is 0.438. The highest BCUT2D eigenvalue weighted by molar-refractivity contribution is 5.94. The van der Waals surface area contributed by atoms with Crippen molar-refractivity contribution in [1.29, 1.82) is 0 Å². The van der Waals surface area contributed by atoms with Crippen LogP contribution in [0.1, 0.15) is 29.6 Å². The van der Waals surface area contributed by atoms with Crippen LogP contribution in [0.3, 0.4) is 0 Å². The maximum Gasteiger partial charge on any atom is 0.341 e. The second-order valence-corrected chi connectivity index (χ2v) is 3.85. The molecule has 0 atom stereocenters. The van der Waals surface area contributed by atoms with Gasteiger partial charge in [0.15, 0.2) is 5.75 Å². The van der Waals surface area contributed by atoms with Crippen molar-refractivity contribution in [3.8, 4) is 5.75 Å². The van der Waals surface area contributed by atoms with Crippen molar-refractivity contribution in [3.63, 3.8) is 0 Å². The zero-order valence-corrected chi connectivity index (χ0v) is 10.5. The first-order valence-electron chi connectivity index (χ1n) is 5.91. The Bertz CT molecular complexity index is 393. The number of hydrogen-bond acceptors (Lipinski definition) is 5. The maximum absolute atomic E-state index is 11.5. The number of unbranched alkanes of at least 4 members (excludes halogenated alkanes) is 2. The number of ether oxygens (including phenoxy) is 2. The third kappa shape index (κ3) is 3.92. The van der Waals surface area contributed by atoms with Gasteiger partial charge in [0.2, 0.25) is 0 Å². The number of aliphatic hydroxyl groups is 1. The zero-order valence-electron chi connectivity index (χ0n) is 10.5. The first-order valence-corrected chi connectivity index (χ1v) is 5.91. The van der Waals surface area contributed by atoms with Crippen molar-refractivity contribution in [2.75, 3.05) is 26.1 Å². The molecule has 0 amide bonds. The van der Waals surface area contributed by atoms with Gasteiger partial charge in [-0.15, -0.1) is 0 Å². The molecule has 5 heteroatoms. The van der Waals surface area contributed by atoms with Gasteiger partial charge in [0.25, 0.3) is 0 Å². The monoisotopic (exact) mass is 253 g/mol. The Morgan fingerprint density at radius 2 is 2.11 bits per heavy atom. The van der Waals surface area contributed by atoms with Gasteiger partial charge in [-0.3, -0.25) is 0 Å².